The van der Waals surface area contributed by atoms with Crippen LogP contribution in [0.3, 0.4) is 0 Å². The zero-order chi connectivity index (χ0) is 14.9. The molecule has 1 heterocycles. The molecule has 1 N–H and O–H groups in total. The number of nitrogens with one attached hydrogen (secondary N) is 1. The summed E-state index contributed by atoms with van der Waals surface area (Å²) in [5.74, 6) is -0.0573. The standard InChI is InChI=1S/C15H23N3O2/c1-4-15(9-16,17-10(2)3)6-5-7-18-13(19)11-8-12(11)14(18)20/h10-12,17H,4-8H2,1-3H3. The van der Waals surface area contributed by atoms with Crippen LogP contribution in [0.15, 0.2) is 0 Å². The monoisotopic (exact) mass is 277 g/mol. The molecule has 1 aliphatic carbocycles. The molecule has 2 aliphatic rings. The second-order valence-corrected chi connectivity index (χ2v) is 6.23. The molecule has 0 bridgehead atoms. The molecule has 3 unspecified atom stereocenters. The lowest BCUT2D eigenvalue weighted by molar-refractivity contribution is -0.141. The maximum atomic E-state index is 11.9. The number of rotatable bonds is 7. The molecule has 0 aromatic rings. The SMILES string of the molecule is CCC(C#N)(CCCN1C(=O)C2CC2C1=O)NC(C)C. The van der Waals surface area contributed by atoms with E-state index in [4.69, 9.17) is 0 Å². The summed E-state index contributed by atoms with van der Waals surface area (Å²) in [7, 11) is 0. The first kappa shape index (κ1) is 15.0. The summed E-state index contributed by atoms with van der Waals surface area (Å²) >= 11 is 0. The second kappa shape index (κ2) is 5.53. The second-order valence-electron chi connectivity index (χ2n) is 6.23. The molecular weight excluding hydrogens is 254 g/mol. The molecule has 0 aromatic carbocycles. The molecule has 3 atom stereocenters. The smallest absolute Gasteiger partial charge is 0.233 e. The maximum absolute atomic E-state index is 11.9. The van der Waals surface area contributed by atoms with Crippen molar-refractivity contribution in [1.82, 2.24) is 10.2 Å². The average molecular weight is 277 g/mol. The number of nitrogens with zero attached hydrogens (tertiary/aromatic N) is 2. The van der Waals surface area contributed by atoms with Gasteiger partial charge in [0, 0.05) is 12.6 Å². The Morgan fingerprint density at radius 2 is 2.00 bits per heavy atom. The topological polar surface area (TPSA) is 73.2 Å². The lowest BCUT2D eigenvalue weighted by Crippen LogP contribution is -2.47. The van der Waals surface area contributed by atoms with E-state index in [1.165, 1.54) is 4.90 Å². The van der Waals surface area contributed by atoms with Gasteiger partial charge in [-0.15, -0.1) is 0 Å². The van der Waals surface area contributed by atoms with Crippen LogP contribution in [-0.2, 0) is 9.59 Å². The highest BCUT2D eigenvalue weighted by Gasteiger charge is 2.58. The van der Waals surface area contributed by atoms with Gasteiger partial charge in [0.2, 0.25) is 11.8 Å². The quantitative estimate of drug-likeness (QED) is 0.715. The number of piperidine rings is 1. The van der Waals surface area contributed by atoms with E-state index in [0.29, 0.717) is 19.4 Å². The van der Waals surface area contributed by atoms with Gasteiger partial charge in [-0.25, -0.2) is 0 Å². The highest BCUT2D eigenvalue weighted by Crippen LogP contribution is 2.47. The molecule has 1 aliphatic heterocycles. The molecular formula is C15H23N3O2. The summed E-state index contributed by atoms with van der Waals surface area (Å²) in [4.78, 5) is 25.1. The molecule has 2 rings (SSSR count). The summed E-state index contributed by atoms with van der Waals surface area (Å²) in [6, 6.07) is 2.60. The summed E-state index contributed by atoms with van der Waals surface area (Å²) in [6.07, 6.45) is 2.80. The Kier molecular flexibility index (Phi) is 4.14. The first-order valence-corrected chi connectivity index (χ1v) is 7.48. The molecule has 5 heteroatoms. The van der Waals surface area contributed by atoms with E-state index in [1.54, 1.807) is 0 Å². The van der Waals surface area contributed by atoms with Crippen LogP contribution in [0.4, 0.5) is 0 Å². The minimum Gasteiger partial charge on any atom is -0.297 e. The predicted octanol–water partition coefficient (Wildman–Crippen LogP) is 1.44. The van der Waals surface area contributed by atoms with Crippen molar-refractivity contribution < 1.29 is 9.59 Å². The minimum atomic E-state index is -0.553. The van der Waals surface area contributed by atoms with E-state index in [0.717, 1.165) is 12.8 Å². The molecule has 20 heavy (non-hydrogen) atoms. The van der Waals surface area contributed by atoms with Crippen LogP contribution >= 0.6 is 0 Å². The Balaban J connectivity index is 1.86. The van der Waals surface area contributed by atoms with Crippen molar-refractivity contribution in [1.29, 1.82) is 5.26 Å². The van der Waals surface area contributed by atoms with E-state index >= 15 is 0 Å². The van der Waals surface area contributed by atoms with Gasteiger partial charge < -0.3 is 0 Å². The van der Waals surface area contributed by atoms with Gasteiger partial charge in [-0.2, -0.15) is 5.26 Å². The third kappa shape index (κ3) is 2.71. The Morgan fingerprint density at radius 3 is 2.45 bits per heavy atom. The van der Waals surface area contributed by atoms with Crippen molar-refractivity contribution in [3.8, 4) is 6.07 Å². The molecule has 1 saturated heterocycles. The third-order valence-electron chi connectivity index (χ3n) is 4.32. The van der Waals surface area contributed by atoms with E-state index < -0.39 is 5.54 Å². The fraction of sp³-hybridized carbons (Fsp3) is 0.800. The lowest BCUT2D eigenvalue weighted by atomic mass is 9.91. The minimum absolute atomic E-state index is 0.00382. The summed E-state index contributed by atoms with van der Waals surface area (Å²) in [5, 5.41) is 12.7. The summed E-state index contributed by atoms with van der Waals surface area (Å²) < 4.78 is 0. The molecule has 0 spiro atoms. The Hall–Kier alpha value is -1.41. The number of hydrogen-bond donors (Lipinski definition) is 1. The number of fused-ring (bicyclic) bond motifs is 1. The van der Waals surface area contributed by atoms with Crippen LogP contribution in [-0.4, -0.2) is 34.8 Å². The first-order chi connectivity index (χ1) is 9.44. The highest BCUT2D eigenvalue weighted by atomic mass is 16.2. The van der Waals surface area contributed by atoms with Crippen LogP contribution in [0.25, 0.3) is 0 Å². The molecule has 2 fully saturated rings. The van der Waals surface area contributed by atoms with Crippen molar-refractivity contribution in [2.75, 3.05) is 6.54 Å². The van der Waals surface area contributed by atoms with Crippen molar-refractivity contribution in [3.05, 3.63) is 0 Å². The first-order valence-electron chi connectivity index (χ1n) is 7.48. The number of carbonyl (C=O) groups excluding carboxylic acids is 2. The number of nitriles is 1. The van der Waals surface area contributed by atoms with Gasteiger partial charge in [0.05, 0.1) is 17.9 Å². The zero-order valence-electron chi connectivity index (χ0n) is 12.5. The molecule has 0 aromatic heterocycles. The van der Waals surface area contributed by atoms with E-state index in [2.05, 4.69) is 11.4 Å². The van der Waals surface area contributed by atoms with Crippen LogP contribution < -0.4 is 5.32 Å². The molecule has 0 radical (unpaired) electrons. The fourth-order valence-corrected chi connectivity index (χ4v) is 3.08. The largest absolute Gasteiger partial charge is 0.297 e. The number of carbonyl (C=O) groups is 2. The number of likely N-dealkylation sites (tertiary alicyclic amines) is 1. The van der Waals surface area contributed by atoms with Crippen molar-refractivity contribution in [2.45, 2.75) is 58.0 Å². The zero-order valence-corrected chi connectivity index (χ0v) is 12.5. The normalized spacial score (nSPS) is 27.4. The average Bonchev–Trinajstić information content (AvgIpc) is 3.16. The number of hydrogen-bond acceptors (Lipinski definition) is 4. The van der Waals surface area contributed by atoms with Crippen molar-refractivity contribution in [2.24, 2.45) is 11.8 Å². The van der Waals surface area contributed by atoms with Crippen LogP contribution in [0.2, 0.25) is 0 Å². The van der Waals surface area contributed by atoms with Crippen LogP contribution in [0.1, 0.15) is 46.5 Å². The number of imide groups is 1. The van der Waals surface area contributed by atoms with Gasteiger partial charge in [-0.1, -0.05) is 6.92 Å². The van der Waals surface area contributed by atoms with E-state index in [1.807, 2.05) is 20.8 Å². The molecule has 110 valence electrons. The van der Waals surface area contributed by atoms with Gasteiger partial charge in [0.15, 0.2) is 0 Å². The van der Waals surface area contributed by atoms with E-state index in [9.17, 15) is 14.9 Å². The number of amides is 2. The van der Waals surface area contributed by atoms with Gasteiger partial charge in [-0.05, 0) is 39.5 Å². The van der Waals surface area contributed by atoms with Crippen LogP contribution in [0.5, 0.6) is 0 Å². The van der Waals surface area contributed by atoms with Gasteiger partial charge in [0.25, 0.3) is 0 Å². The fourth-order valence-electron chi connectivity index (χ4n) is 3.08. The predicted molar refractivity (Wildman–Crippen MR) is 74.5 cm³/mol. The van der Waals surface area contributed by atoms with E-state index in [-0.39, 0.29) is 29.7 Å². The Morgan fingerprint density at radius 1 is 1.40 bits per heavy atom. The van der Waals surface area contributed by atoms with Gasteiger partial charge in [0.1, 0.15) is 5.54 Å². The van der Waals surface area contributed by atoms with Crippen LogP contribution in [0, 0.1) is 23.2 Å². The summed E-state index contributed by atoms with van der Waals surface area (Å²) in [5.41, 5.74) is -0.553. The third-order valence-corrected chi connectivity index (χ3v) is 4.32. The molecule has 1 saturated carbocycles. The lowest BCUT2D eigenvalue weighted by Gasteiger charge is -2.29. The molecule has 2 amide bonds. The van der Waals surface area contributed by atoms with Gasteiger partial charge in [-0.3, -0.25) is 19.8 Å². The Bertz CT molecular complexity index is 435. The van der Waals surface area contributed by atoms with Gasteiger partial charge >= 0.3 is 0 Å². The Labute approximate surface area is 120 Å². The highest BCUT2D eigenvalue weighted by molar-refractivity contribution is 6.08. The molecule has 5 nitrogen and oxygen atoms in total. The van der Waals surface area contributed by atoms with Crippen molar-refractivity contribution >= 4 is 11.8 Å². The summed E-state index contributed by atoms with van der Waals surface area (Å²) in [6.45, 7) is 6.47. The maximum Gasteiger partial charge on any atom is 0.233 e. The van der Waals surface area contributed by atoms with Crippen molar-refractivity contribution in [3.63, 3.8) is 0 Å².